The number of aromatic nitrogens is 4. The quantitative estimate of drug-likeness (QED) is 0.0431. The molecule has 0 fully saturated rings. The van der Waals surface area contributed by atoms with Gasteiger partial charge >= 0.3 is 0 Å². The maximum Gasteiger partial charge on any atom is 0.208 e. The van der Waals surface area contributed by atoms with Gasteiger partial charge < -0.3 is 57.8 Å². The second-order valence-electron chi connectivity index (χ2n) is 15.8. The summed E-state index contributed by atoms with van der Waals surface area (Å²) in [5, 5.41) is 4.83. The molecule has 4 aromatic heterocycles. The van der Waals surface area contributed by atoms with Crippen molar-refractivity contribution in [1.82, 2.24) is 19.9 Å². The zero-order valence-electron chi connectivity index (χ0n) is 39.6. The lowest BCUT2D eigenvalue weighted by Gasteiger charge is -2.20. The van der Waals surface area contributed by atoms with Crippen molar-refractivity contribution >= 4 is 66.4 Å². The lowest BCUT2D eigenvalue weighted by molar-refractivity contribution is 0.266. The van der Waals surface area contributed by atoms with Crippen LogP contribution in [0.3, 0.4) is 0 Å². The predicted octanol–water partition coefficient (Wildman–Crippen LogP) is 10.2. The molecule has 1 aliphatic rings. The van der Waals surface area contributed by atoms with E-state index in [1.807, 2.05) is 48.5 Å². The number of hydrogen-bond acceptors (Lipinski definition) is 12. The highest BCUT2D eigenvalue weighted by Gasteiger charge is 2.33. The minimum Gasteiger partial charge on any atom is -0.485 e. The van der Waals surface area contributed by atoms with E-state index in [2.05, 4.69) is 72.6 Å². The number of ether oxygens (including phenoxy) is 8. The number of benzene rings is 4. The van der Waals surface area contributed by atoms with Crippen molar-refractivity contribution < 1.29 is 37.9 Å². The summed E-state index contributed by atoms with van der Waals surface area (Å²) in [6.45, 7) is 32.0. The summed E-state index contributed by atoms with van der Waals surface area (Å²) < 4.78 is 52.2. The Morgan fingerprint density at radius 1 is 0.292 bits per heavy atom. The molecule has 0 spiro atoms. The third-order valence-corrected chi connectivity index (χ3v) is 11.1. The molecule has 8 bridgehead atoms. The van der Waals surface area contributed by atoms with E-state index in [1.165, 1.54) is 0 Å². The van der Waals surface area contributed by atoms with Gasteiger partial charge in [-0.2, -0.15) is 0 Å². The van der Waals surface area contributed by atoms with Crippen LogP contribution in [-0.2, 0) is 0 Å². The van der Waals surface area contributed by atoms with Crippen LogP contribution in [0.4, 0.5) is 23.3 Å². The van der Waals surface area contributed by atoms with Gasteiger partial charge in [0.25, 0.3) is 0 Å². The van der Waals surface area contributed by atoms with E-state index in [-0.39, 0.29) is 110 Å². The highest BCUT2D eigenvalue weighted by Crippen LogP contribution is 2.57. The molecule has 0 saturated heterocycles. The van der Waals surface area contributed by atoms with Crippen LogP contribution in [0.2, 0.25) is 0 Å². The van der Waals surface area contributed by atoms with Crippen molar-refractivity contribution in [3.8, 4) is 46.0 Å². The molecule has 0 amide bonds. The molecule has 0 atom stereocenters. The Balaban J connectivity index is 1.59. The lowest BCUT2D eigenvalue weighted by Crippen LogP contribution is -2.11. The van der Waals surface area contributed by atoms with Gasteiger partial charge in [0.05, 0.1) is 21.5 Å². The number of nitrogens with zero attached hydrogens (tertiary/aromatic N) is 4. The fourth-order valence-electron chi connectivity index (χ4n) is 8.33. The van der Waals surface area contributed by atoms with Crippen molar-refractivity contribution in [3.63, 3.8) is 0 Å². The van der Waals surface area contributed by atoms with E-state index in [4.69, 9.17) is 57.9 Å². The molecular weight excluding hydrogens is 913 g/mol. The Morgan fingerprint density at radius 2 is 0.542 bits per heavy atom. The molecule has 72 heavy (non-hydrogen) atoms. The molecule has 0 radical (unpaired) electrons. The summed E-state index contributed by atoms with van der Waals surface area (Å²) in [4.78, 5) is 35.5. The molecule has 4 N–H and O–H groups in total. The normalized spacial score (nSPS) is 11.6. The smallest absolute Gasteiger partial charge is 0.208 e. The summed E-state index contributed by atoms with van der Waals surface area (Å²) in [6.07, 6.45) is 12.9. The van der Waals surface area contributed by atoms with Crippen LogP contribution >= 0.6 is 0 Å². The van der Waals surface area contributed by atoms with Crippen LogP contribution in [0.25, 0.3) is 43.1 Å². The van der Waals surface area contributed by atoms with Gasteiger partial charge in [-0.1, -0.05) is 150 Å². The fourth-order valence-corrected chi connectivity index (χ4v) is 8.33. The highest BCUT2D eigenvalue weighted by atomic mass is 16.6. The topological polar surface area (TPSA) is 186 Å². The van der Waals surface area contributed by atoms with Crippen LogP contribution in [0.15, 0.2) is 170 Å². The molecule has 0 saturated carbocycles. The maximum atomic E-state index is 6.61. The molecule has 1 aliphatic heterocycles. The molecule has 16 heteroatoms. The molecule has 4 aromatic carbocycles. The number of rotatable bonds is 24. The average Bonchev–Trinajstić information content (AvgIpc) is 4.14. The minimum atomic E-state index is 0.0535. The third-order valence-electron chi connectivity index (χ3n) is 11.1. The van der Waals surface area contributed by atoms with Gasteiger partial charge in [-0.25, -0.2) is 20.0 Å². The Hall–Kier alpha value is -9.44. The van der Waals surface area contributed by atoms with Crippen LogP contribution in [-0.4, -0.2) is 72.8 Å². The first-order chi connectivity index (χ1) is 35.4. The van der Waals surface area contributed by atoms with Crippen LogP contribution in [0.1, 0.15) is 0 Å². The summed E-state index contributed by atoms with van der Waals surface area (Å²) in [7, 11) is 0. The monoisotopic (exact) mass is 964 g/mol. The van der Waals surface area contributed by atoms with Gasteiger partial charge in [-0.3, -0.25) is 0 Å². The number of aromatic amines is 4. The van der Waals surface area contributed by atoms with E-state index in [9.17, 15) is 0 Å². The molecule has 0 aliphatic carbocycles. The average molecular weight is 965 g/mol. The van der Waals surface area contributed by atoms with Crippen LogP contribution in [0, 0.1) is 0 Å². The van der Waals surface area contributed by atoms with Gasteiger partial charge in [0.15, 0.2) is 23.0 Å². The molecular formula is C56H52N8O8. The second kappa shape index (κ2) is 21.5. The SMILES string of the molecule is C=CCOc1c(OCC=C)c(OCC=C)c2c3[nH]c(c2c1OCC=C)N=c1[nH]c(c2ccccc12)=Nc1[nH]c(c2ccccc12)N=c1[nH]c(c2c(OCC=C)c(OCC=C)c(OCC=C)c(OCC=C)c12)=N3. The predicted molar refractivity (Wildman–Crippen MR) is 282 cm³/mol. The summed E-state index contributed by atoms with van der Waals surface area (Å²) >= 11 is 0. The highest BCUT2D eigenvalue weighted by molar-refractivity contribution is 6.11. The summed E-state index contributed by atoms with van der Waals surface area (Å²) in [5.74, 6) is 3.36. The Morgan fingerprint density at radius 3 is 0.889 bits per heavy atom. The number of H-pyrrole nitrogens is 4. The standard InChI is InChI=1S/C56H52N8O8/c1-9-25-65-41-37-39(43(67-27-11-3)47(71-31-15-7)45(41)69-29-13-5)55-62-53(37)60-51-35-23-19-17-21-33(35)49(58-51)57-50-34-22-18-20-24-36(34)52(59-50)61-54-38-40(56(63-54)64-55)44(68-28-12-4)48(72-32-16-8)46(70-30-14-6)42(38)66-26-10-2/h9-24H,1-8,25-32H2,(H4,57,58,59,60,61,62,63,64). The zero-order chi connectivity index (χ0) is 50.1. The third kappa shape index (κ3) is 8.76. The van der Waals surface area contributed by atoms with Crippen molar-refractivity contribution in [2.45, 2.75) is 0 Å². The van der Waals surface area contributed by atoms with E-state index < -0.39 is 0 Å². The maximum absolute atomic E-state index is 6.61. The fraction of sp³-hybridized carbons (Fsp3) is 0.143. The number of hydrogen-bond donors (Lipinski definition) is 4. The molecule has 9 rings (SSSR count). The molecule has 0 unspecified atom stereocenters. The molecule has 16 nitrogen and oxygen atoms in total. The van der Waals surface area contributed by atoms with Crippen LogP contribution in [0.5, 0.6) is 46.0 Å². The second-order valence-corrected chi connectivity index (χ2v) is 15.8. The Bertz CT molecular complexity index is 3740. The number of nitrogens with one attached hydrogen (secondary N) is 4. The summed E-state index contributed by atoms with van der Waals surface area (Å²) in [5.41, 5.74) is 1.56. The Labute approximate surface area is 413 Å². The minimum absolute atomic E-state index is 0.0535. The number of fused-ring (bicyclic) bond motifs is 20. The summed E-state index contributed by atoms with van der Waals surface area (Å²) in [6, 6.07) is 15.7. The van der Waals surface area contributed by atoms with Gasteiger partial charge in [-0.15, -0.1) is 0 Å². The first-order valence-corrected chi connectivity index (χ1v) is 22.9. The molecule has 364 valence electrons. The van der Waals surface area contributed by atoms with Gasteiger partial charge in [0.2, 0.25) is 23.0 Å². The van der Waals surface area contributed by atoms with Gasteiger partial charge in [0.1, 0.15) is 98.1 Å². The van der Waals surface area contributed by atoms with Crippen molar-refractivity contribution in [3.05, 3.63) is 172 Å². The molecule has 5 heterocycles. The van der Waals surface area contributed by atoms with Crippen molar-refractivity contribution in [2.75, 3.05) is 52.9 Å². The largest absolute Gasteiger partial charge is 0.485 e. The van der Waals surface area contributed by atoms with Gasteiger partial charge in [0, 0.05) is 21.5 Å². The van der Waals surface area contributed by atoms with E-state index >= 15 is 0 Å². The Kier molecular flexibility index (Phi) is 14.2. The first-order valence-electron chi connectivity index (χ1n) is 22.9. The van der Waals surface area contributed by atoms with Crippen molar-refractivity contribution in [1.29, 1.82) is 0 Å². The lowest BCUT2D eigenvalue weighted by atomic mass is 10.1. The zero-order valence-corrected chi connectivity index (χ0v) is 39.6. The van der Waals surface area contributed by atoms with Crippen LogP contribution < -0.4 is 59.8 Å². The molecule has 8 aromatic rings. The van der Waals surface area contributed by atoms with E-state index in [1.54, 1.807) is 48.6 Å². The van der Waals surface area contributed by atoms with E-state index in [0.29, 0.717) is 55.5 Å². The van der Waals surface area contributed by atoms with Crippen molar-refractivity contribution in [2.24, 2.45) is 20.0 Å². The van der Waals surface area contributed by atoms with E-state index in [0.717, 1.165) is 21.5 Å². The first kappa shape index (κ1) is 47.6. The van der Waals surface area contributed by atoms with Gasteiger partial charge in [-0.05, 0) is 0 Å².